The lowest BCUT2D eigenvalue weighted by Crippen LogP contribution is -2.43. The quantitative estimate of drug-likeness (QED) is 0.302. The number of aliphatic hydroxyl groups is 1. The first kappa shape index (κ1) is 30.5. The van der Waals surface area contributed by atoms with Gasteiger partial charge < -0.3 is 33.5 Å². The highest BCUT2D eigenvalue weighted by atomic mass is 16.5. The fraction of sp³-hybridized carbons (Fsp3) is 0.433. The topological polar surface area (TPSA) is 127 Å². The molecule has 3 rings (SSSR count). The van der Waals surface area contributed by atoms with Crippen molar-refractivity contribution in [3.8, 4) is 28.7 Å². The highest BCUT2D eigenvalue weighted by Crippen LogP contribution is 2.55. The highest BCUT2D eigenvalue weighted by molar-refractivity contribution is 6.32. The zero-order valence-electron chi connectivity index (χ0n) is 24.1. The average Bonchev–Trinajstić information content (AvgIpc) is 2.98. The van der Waals surface area contributed by atoms with Crippen LogP contribution in [0, 0.1) is 5.92 Å². The molecule has 0 bridgehead atoms. The molecule has 1 aliphatic carbocycles. The van der Waals surface area contributed by atoms with Crippen molar-refractivity contribution in [1.29, 1.82) is 0 Å². The maximum atomic E-state index is 14.1. The molecule has 1 unspecified atom stereocenters. The van der Waals surface area contributed by atoms with Crippen LogP contribution < -0.4 is 23.7 Å². The molecule has 0 radical (unpaired) electrons. The van der Waals surface area contributed by atoms with E-state index < -0.39 is 34.3 Å². The number of hydrogen-bond acceptors (Lipinski definition) is 10. The Hall–Kier alpha value is -4.05. The largest absolute Gasteiger partial charge is 0.493 e. The van der Waals surface area contributed by atoms with Crippen molar-refractivity contribution in [2.75, 3.05) is 42.7 Å². The lowest BCUT2D eigenvalue weighted by molar-refractivity contribution is -0.138. The van der Waals surface area contributed by atoms with Crippen molar-refractivity contribution in [1.82, 2.24) is 0 Å². The summed E-state index contributed by atoms with van der Waals surface area (Å²) in [4.78, 5) is 41.5. The van der Waals surface area contributed by atoms with Crippen molar-refractivity contribution < 1.29 is 47.9 Å². The van der Waals surface area contributed by atoms with Gasteiger partial charge in [0, 0.05) is 12.0 Å². The van der Waals surface area contributed by atoms with Gasteiger partial charge in [0.2, 0.25) is 5.75 Å². The number of methoxy groups -OCH3 is 6. The molecule has 0 amide bonds. The normalized spacial score (nSPS) is 16.4. The average molecular weight is 557 g/mol. The third-order valence-electron chi connectivity index (χ3n) is 7.37. The second kappa shape index (κ2) is 12.4. The van der Waals surface area contributed by atoms with E-state index in [1.54, 1.807) is 0 Å². The summed E-state index contributed by atoms with van der Waals surface area (Å²) in [5.74, 6) is -1.71. The summed E-state index contributed by atoms with van der Waals surface area (Å²) in [5.41, 5.74) is -3.51. The van der Waals surface area contributed by atoms with E-state index in [0.717, 1.165) is 7.11 Å². The van der Waals surface area contributed by atoms with Gasteiger partial charge in [0.25, 0.3) is 0 Å². The van der Waals surface area contributed by atoms with E-state index in [1.807, 2.05) is 13.8 Å². The number of ketones is 2. The summed E-state index contributed by atoms with van der Waals surface area (Å²) in [6.45, 7) is 3.88. The van der Waals surface area contributed by atoms with Gasteiger partial charge in [-0.15, -0.1) is 0 Å². The third kappa shape index (κ3) is 4.88. The molecule has 0 aliphatic heterocycles. The van der Waals surface area contributed by atoms with Crippen molar-refractivity contribution in [2.45, 2.75) is 38.7 Å². The zero-order valence-corrected chi connectivity index (χ0v) is 24.1. The summed E-state index contributed by atoms with van der Waals surface area (Å²) >= 11 is 0. The van der Waals surface area contributed by atoms with Crippen molar-refractivity contribution in [3.05, 3.63) is 52.1 Å². The van der Waals surface area contributed by atoms with Gasteiger partial charge in [0.05, 0.1) is 59.4 Å². The van der Waals surface area contributed by atoms with Gasteiger partial charge in [-0.2, -0.15) is 0 Å². The van der Waals surface area contributed by atoms with E-state index in [2.05, 4.69) is 0 Å². The maximum absolute atomic E-state index is 14.1. The van der Waals surface area contributed by atoms with Crippen molar-refractivity contribution in [3.63, 3.8) is 0 Å². The maximum Gasteiger partial charge on any atom is 0.338 e. The van der Waals surface area contributed by atoms with Crippen LogP contribution in [-0.2, 0) is 19.9 Å². The molecule has 0 aromatic heterocycles. The first-order chi connectivity index (χ1) is 19.1. The summed E-state index contributed by atoms with van der Waals surface area (Å²) in [6, 6.07) is 5.86. The number of Topliss-reactive ketones (excluding diaryl/α,β-unsaturated/α-hetero) is 2. The van der Waals surface area contributed by atoms with Crippen LogP contribution in [0.25, 0.3) is 0 Å². The van der Waals surface area contributed by atoms with Crippen LogP contribution in [0.1, 0.15) is 54.6 Å². The summed E-state index contributed by atoms with van der Waals surface area (Å²) in [6.07, 6.45) is 1.37. The Morgan fingerprint density at radius 1 is 0.825 bits per heavy atom. The molecule has 1 aliphatic rings. The van der Waals surface area contributed by atoms with Gasteiger partial charge in [-0.05, 0) is 29.7 Å². The molecule has 0 saturated carbocycles. The van der Waals surface area contributed by atoms with E-state index >= 15 is 0 Å². The monoisotopic (exact) mass is 556 g/mol. The Balaban J connectivity index is 2.58. The minimum atomic E-state index is -2.42. The lowest BCUT2D eigenvalue weighted by atomic mass is 9.68. The Labute approximate surface area is 233 Å². The summed E-state index contributed by atoms with van der Waals surface area (Å²) < 4.78 is 32.5. The van der Waals surface area contributed by atoms with Crippen LogP contribution in [0.4, 0.5) is 0 Å². The number of carbonyl (C=O) groups is 3. The van der Waals surface area contributed by atoms with Crippen LogP contribution >= 0.6 is 0 Å². The second-order valence-electron chi connectivity index (χ2n) is 9.23. The smallest absolute Gasteiger partial charge is 0.338 e. The minimum absolute atomic E-state index is 0.00363. The summed E-state index contributed by atoms with van der Waals surface area (Å²) in [7, 11) is 8.06. The molecule has 40 heavy (non-hydrogen) atoms. The molecule has 0 heterocycles. The number of fused-ring (bicyclic) bond motifs is 1. The first-order valence-electron chi connectivity index (χ1n) is 12.8. The van der Waals surface area contributed by atoms with Gasteiger partial charge in [0.15, 0.2) is 40.2 Å². The number of ether oxygens (including phenoxy) is 6. The molecular formula is C30H36O10. The molecule has 10 nitrogen and oxygen atoms in total. The molecule has 1 atom stereocenters. The van der Waals surface area contributed by atoms with E-state index in [1.165, 1.54) is 59.8 Å². The van der Waals surface area contributed by atoms with Crippen LogP contribution in [0.5, 0.6) is 28.7 Å². The van der Waals surface area contributed by atoms with E-state index in [0.29, 0.717) is 18.6 Å². The number of hydrogen-bond donors (Lipinski definition) is 1. The van der Waals surface area contributed by atoms with E-state index in [-0.39, 0.29) is 52.0 Å². The SMILES string of the molecule is CCC(CC)CC(=O)C1=C(C(=O)OC)C(O)(c2ccc(OC)c(OC)c2)c2c(cc(OC)c(OC)c2OC)C1=O. The molecule has 1 N–H and O–H groups in total. The Morgan fingerprint density at radius 2 is 1.43 bits per heavy atom. The van der Waals surface area contributed by atoms with Crippen molar-refractivity contribution in [2.24, 2.45) is 5.92 Å². The number of allylic oxidation sites excluding steroid dienone is 1. The fourth-order valence-corrected chi connectivity index (χ4v) is 5.16. The molecule has 0 fully saturated rings. The molecular weight excluding hydrogens is 520 g/mol. The zero-order chi connectivity index (χ0) is 29.8. The third-order valence-corrected chi connectivity index (χ3v) is 7.37. The standard InChI is InChI=1S/C30H36O10/c1-9-16(10-2)13-19(31)23-25(29(33)40-8)30(34,17-11-12-20(35-3)21(14-17)36-4)24-18(26(23)32)15-22(37-5)27(38-6)28(24)39-7/h11-12,14-16,34H,9-10,13H2,1-8H3. The fourth-order valence-electron chi connectivity index (χ4n) is 5.16. The number of esters is 1. The van der Waals surface area contributed by atoms with Crippen LogP contribution in [-0.4, -0.2) is 65.3 Å². The second-order valence-corrected chi connectivity index (χ2v) is 9.23. The van der Waals surface area contributed by atoms with Crippen LogP contribution in [0.15, 0.2) is 35.4 Å². The van der Waals surface area contributed by atoms with Gasteiger partial charge in [-0.1, -0.05) is 32.8 Å². The van der Waals surface area contributed by atoms with Crippen LogP contribution in [0.3, 0.4) is 0 Å². The van der Waals surface area contributed by atoms with E-state index in [4.69, 9.17) is 28.4 Å². The Bertz CT molecular complexity index is 1340. The van der Waals surface area contributed by atoms with Crippen LogP contribution in [0.2, 0.25) is 0 Å². The van der Waals surface area contributed by atoms with E-state index in [9.17, 15) is 19.5 Å². The van der Waals surface area contributed by atoms with Gasteiger partial charge in [-0.3, -0.25) is 9.59 Å². The molecule has 0 spiro atoms. The first-order valence-corrected chi connectivity index (χ1v) is 12.8. The molecule has 0 saturated heterocycles. The predicted molar refractivity (Wildman–Crippen MR) is 146 cm³/mol. The predicted octanol–water partition coefficient (Wildman–Crippen LogP) is 4.03. The lowest BCUT2D eigenvalue weighted by Gasteiger charge is -2.38. The number of carbonyl (C=O) groups excluding carboxylic acids is 3. The number of benzene rings is 2. The molecule has 2 aromatic carbocycles. The Morgan fingerprint density at radius 3 is 1.93 bits per heavy atom. The van der Waals surface area contributed by atoms with Crippen molar-refractivity contribution >= 4 is 17.5 Å². The minimum Gasteiger partial charge on any atom is -0.493 e. The molecule has 216 valence electrons. The molecule has 10 heteroatoms. The van der Waals surface area contributed by atoms with Gasteiger partial charge >= 0.3 is 5.97 Å². The van der Waals surface area contributed by atoms with Gasteiger partial charge in [-0.25, -0.2) is 4.79 Å². The van der Waals surface area contributed by atoms with Gasteiger partial charge in [0.1, 0.15) is 0 Å². The highest BCUT2D eigenvalue weighted by Gasteiger charge is 2.53. The molecule has 2 aromatic rings. The number of rotatable bonds is 12. The summed E-state index contributed by atoms with van der Waals surface area (Å²) in [5, 5.41) is 12.8. The Kier molecular flexibility index (Phi) is 9.47.